The van der Waals surface area contributed by atoms with Crippen LogP contribution in [0.15, 0.2) is 23.3 Å². The van der Waals surface area contributed by atoms with Gasteiger partial charge in [-0.05, 0) is 55.9 Å². The second-order valence-electron chi connectivity index (χ2n) is 8.57. The van der Waals surface area contributed by atoms with Crippen LogP contribution in [-0.4, -0.2) is 28.5 Å². The first-order valence-electron chi connectivity index (χ1n) is 8.91. The molecule has 3 nitrogen and oxygen atoms in total. The van der Waals surface area contributed by atoms with Gasteiger partial charge in [0, 0.05) is 16.9 Å². The van der Waals surface area contributed by atoms with E-state index in [1.54, 1.807) is 0 Å². The zero-order chi connectivity index (χ0) is 15.7. The first-order chi connectivity index (χ1) is 10.4. The minimum atomic E-state index is -0.311. The van der Waals surface area contributed by atoms with Crippen molar-refractivity contribution in [2.75, 3.05) is 0 Å². The number of hydrogen-bond acceptors (Lipinski definition) is 3. The van der Waals surface area contributed by atoms with Gasteiger partial charge in [-0.15, -0.1) is 0 Å². The summed E-state index contributed by atoms with van der Waals surface area (Å²) in [5.41, 5.74) is 9.71. The standard InChI is InChI=1S/C19H29NO2/c1-18-7-5-12(21)9-11(18)10-15(20)17-13-3-4-16(22)19(13,2)8-6-14(17)18/h5,7,11-13,15-16,21-22H,3-4,6,8-10,20H2,1-2H3/t11?,12?,13-,15?,16?,18-,19-/m0/s1. The van der Waals surface area contributed by atoms with Gasteiger partial charge in [0.05, 0.1) is 12.2 Å². The molecule has 0 heterocycles. The highest BCUT2D eigenvalue weighted by molar-refractivity contribution is 5.41. The molecule has 7 atom stereocenters. The molecule has 4 aliphatic rings. The maximum absolute atomic E-state index is 10.5. The van der Waals surface area contributed by atoms with Gasteiger partial charge >= 0.3 is 0 Å². The van der Waals surface area contributed by atoms with Gasteiger partial charge in [-0.1, -0.05) is 31.6 Å². The fourth-order valence-corrected chi connectivity index (χ4v) is 6.06. The Labute approximate surface area is 133 Å². The van der Waals surface area contributed by atoms with Gasteiger partial charge in [0.25, 0.3) is 0 Å². The van der Waals surface area contributed by atoms with Crippen molar-refractivity contribution in [1.29, 1.82) is 0 Å². The second-order valence-corrected chi connectivity index (χ2v) is 8.57. The minimum absolute atomic E-state index is 0.0253. The second kappa shape index (κ2) is 4.68. The van der Waals surface area contributed by atoms with Crippen LogP contribution >= 0.6 is 0 Å². The van der Waals surface area contributed by atoms with E-state index in [-0.39, 0.29) is 29.1 Å². The van der Waals surface area contributed by atoms with Crippen LogP contribution in [0.2, 0.25) is 0 Å². The molecule has 0 spiro atoms. The summed E-state index contributed by atoms with van der Waals surface area (Å²) in [4.78, 5) is 0. The van der Waals surface area contributed by atoms with Crippen molar-refractivity contribution in [3.8, 4) is 0 Å². The average Bonchev–Trinajstić information content (AvgIpc) is 2.77. The minimum Gasteiger partial charge on any atom is -0.393 e. The molecule has 4 aliphatic carbocycles. The third-order valence-electron chi connectivity index (χ3n) is 7.55. The predicted octanol–water partition coefficient (Wildman–Crippen LogP) is 2.53. The van der Waals surface area contributed by atoms with Crippen LogP contribution in [-0.2, 0) is 0 Å². The fraction of sp³-hybridized carbons (Fsp3) is 0.789. The van der Waals surface area contributed by atoms with Crippen LogP contribution in [0.25, 0.3) is 0 Å². The van der Waals surface area contributed by atoms with Crippen molar-refractivity contribution in [3.05, 3.63) is 23.3 Å². The third-order valence-corrected chi connectivity index (χ3v) is 7.55. The predicted molar refractivity (Wildman–Crippen MR) is 87.1 cm³/mol. The summed E-state index contributed by atoms with van der Waals surface area (Å²) in [5.74, 6) is 0.913. The van der Waals surface area contributed by atoms with Gasteiger partial charge in [0.1, 0.15) is 0 Å². The van der Waals surface area contributed by atoms with Gasteiger partial charge in [-0.25, -0.2) is 0 Å². The average molecular weight is 303 g/mol. The van der Waals surface area contributed by atoms with Crippen molar-refractivity contribution >= 4 is 0 Å². The Morgan fingerprint density at radius 3 is 2.73 bits per heavy atom. The largest absolute Gasteiger partial charge is 0.393 e. The van der Waals surface area contributed by atoms with Crippen LogP contribution in [0.1, 0.15) is 52.4 Å². The van der Waals surface area contributed by atoms with E-state index in [0.717, 1.165) is 38.5 Å². The van der Waals surface area contributed by atoms with Crippen molar-refractivity contribution in [2.24, 2.45) is 28.4 Å². The van der Waals surface area contributed by atoms with E-state index in [2.05, 4.69) is 19.9 Å². The quantitative estimate of drug-likeness (QED) is 0.602. The number of allylic oxidation sites excluding steroid dienone is 2. The Kier molecular flexibility index (Phi) is 3.18. The zero-order valence-corrected chi connectivity index (χ0v) is 13.8. The molecule has 4 unspecified atom stereocenters. The number of aliphatic hydroxyl groups is 2. The molecule has 1 fully saturated rings. The number of nitrogens with two attached hydrogens (primary N) is 1. The molecule has 4 N–H and O–H groups in total. The van der Waals surface area contributed by atoms with E-state index in [9.17, 15) is 10.2 Å². The molecule has 4 rings (SSSR count). The van der Waals surface area contributed by atoms with Crippen molar-refractivity contribution < 1.29 is 10.2 Å². The number of rotatable bonds is 0. The summed E-state index contributed by atoms with van der Waals surface area (Å²) in [6.07, 6.45) is 9.68. The Bertz CT molecular complexity index is 554. The first-order valence-corrected chi connectivity index (χ1v) is 8.91. The molecule has 0 saturated heterocycles. The molecule has 22 heavy (non-hydrogen) atoms. The highest BCUT2D eigenvalue weighted by Crippen LogP contribution is 2.62. The van der Waals surface area contributed by atoms with E-state index in [1.807, 2.05) is 6.08 Å². The van der Waals surface area contributed by atoms with Crippen molar-refractivity contribution in [2.45, 2.75) is 70.6 Å². The van der Waals surface area contributed by atoms with Crippen molar-refractivity contribution in [3.63, 3.8) is 0 Å². The van der Waals surface area contributed by atoms with Crippen LogP contribution in [0, 0.1) is 22.7 Å². The molecule has 3 heteroatoms. The fourth-order valence-electron chi connectivity index (χ4n) is 6.06. The lowest BCUT2D eigenvalue weighted by Gasteiger charge is -2.54. The molecule has 0 aromatic rings. The Morgan fingerprint density at radius 2 is 1.95 bits per heavy atom. The van der Waals surface area contributed by atoms with Crippen LogP contribution in [0.5, 0.6) is 0 Å². The maximum atomic E-state index is 10.5. The van der Waals surface area contributed by atoms with Gasteiger partial charge in [0.15, 0.2) is 0 Å². The lowest BCUT2D eigenvalue weighted by Crippen LogP contribution is -2.50. The van der Waals surface area contributed by atoms with E-state index in [4.69, 9.17) is 5.73 Å². The molecule has 0 aromatic heterocycles. The SMILES string of the molecule is C[C@]12C=CC(O)CC1CC(N)C1=C2CC[C@]2(C)C(O)CC[C@@H]12. The molecular formula is C19H29NO2. The van der Waals surface area contributed by atoms with E-state index < -0.39 is 0 Å². The van der Waals surface area contributed by atoms with Gasteiger partial charge in [0.2, 0.25) is 0 Å². The summed E-state index contributed by atoms with van der Waals surface area (Å²) in [6, 6.07) is 0.113. The van der Waals surface area contributed by atoms with Gasteiger partial charge in [-0.3, -0.25) is 0 Å². The van der Waals surface area contributed by atoms with Crippen LogP contribution in [0.3, 0.4) is 0 Å². The van der Waals surface area contributed by atoms with E-state index in [1.165, 1.54) is 11.1 Å². The molecule has 0 aromatic carbocycles. The van der Waals surface area contributed by atoms with Gasteiger partial charge in [-0.2, -0.15) is 0 Å². The Morgan fingerprint density at radius 1 is 1.18 bits per heavy atom. The monoisotopic (exact) mass is 303 g/mol. The molecule has 1 saturated carbocycles. The topological polar surface area (TPSA) is 66.5 Å². The lowest BCUT2D eigenvalue weighted by atomic mass is 9.52. The molecule has 122 valence electrons. The normalized spacial score (nSPS) is 54.0. The third kappa shape index (κ3) is 1.79. The maximum Gasteiger partial charge on any atom is 0.0724 e. The summed E-state index contributed by atoms with van der Waals surface area (Å²) in [7, 11) is 0. The van der Waals surface area contributed by atoms with Gasteiger partial charge < -0.3 is 15.9 Å². The molecule has 0 aliphatic heterocycles. The Balaban J connectivity index is 1.83. The summed E-state index contributed by atoms with van der Waals surface area (Å²) >= 11 is 0. The first kappa shape index (κ1) is 14.9. The van der Waals surface area contributed by atoms with E-state index >= 15 is 0 Å². The molecule has 0 bridgehead atoms. The molecule has 0 radical (unpaired) electrons. The number of aliphatic hydroxyl groups excluding tert-OH is 2. The highest BCUT2D eigenvalue weighted by Gasteiger charge is 2.55. The number of fused-ring (bicyclic) bond motifs is 4. The lowest BCUT2D eigenvalue weighted by molar-refractivity contribution is 0.0248. The Hall–Kier alpha value is -0.640. The summed E-state index contributed by atoms with van der Waals surface area (Å²) in [6.45, 7) is 4.61. The molecule has 0 amide bonds. The zero-order valence-electron chi connectivity index (χ0n) is 13.8. The number of hydrogen-bond donors (Lipinski definition) is 3. The smallest absolute Gasteiger partial charge is 0.0724 e. The van der Waals surface area contributed by atoms with E-state index in [0.29, 0.717) is 11.8 Å². The van der Waals surface area contributed by atoms with Crippen molar-refractivity contribution in [1.82, 2.24) is 0 Å². The van der Waals surface area contributed by atoms with Crippen LogP contribution < -0.4 is 5.73 Å². The molecular weight excluding hydrogens is 274 g/mol. The highest BCUT2D eigenvalue weighted by atomic mass is 16.3. The van der Waals surface area contributed by atoms with Crippen LogP contribution in [0.4, 0.5) is 0 Å². The summed E-state index contributed by atoms with van der Waals surface area (Å²) < 4.78 is 0. The summed E-state index contributed by atoms with van der Waals surface area (Å²) in [5, 5.41) is 20.5.